The third kappa shape index (κ3) is 5.35. The van der Waals surface area contributed by atoms with E-state index >= 15 is 0 Å². The monoisotopic (exact) mass is 448 g/mol. The van der Waals surface area contributed by atoms with Gasteiger partial charge in [0, 0.05) is 12.2 Å². The molecule has 156 valence electrons. The second kappa shape index (κ2) is 9.25. The van der Waals surface area contributed by atoms with Crippen molar-refractivity contribution in [1.82, 2.24) is 5.32 Å². The second-order valence-corrected chi connectivity index (χ2v) is 8.48. The van der Waals surface area contributed by atoms with Gasteiger partial charge in [0.15, 0.2) is 0 Å². The lowest BCUT2D eigenvalue weighted by Crippen LogP contribution is -2.29. The standard InChI is InChI=1S/C21H18ClFN2O4S/c22-19-11-10-17(30(28,29)25-16-8-6-15(23)7-9-16)12-18(19)21(27)24-13-20(26)14-4-2-1-3-5-14/h1-12,20,25-26H,13H2,(H,24,27). The van der Waals surface area contributed by atoms with E-state index in [9.17, 15) is 22.7 Å². The summed E-state index contributed by atoms with van der Waals surface area (Å²) in [4.78, 5) is 12.3. The topological polar surface area (TPSA) is 95.5 Å². The van der Waals surface area contributed by atoms with Crippen LogP contribution in [0.1, 0.15) is 22.0 Å². The number of rotatable bonds is 7. The van der Waals surface area contributed by atoms with Gasteiger partial charge in [-0.15, -0.1) is 0 Å². The van der Waals surface area contributed by atoms with E-state index in [-0.39, 0.29) is 27.7 Å². The summed E-state index contributed by atoms with van der Waals surface area (Å²) < 4.78 is 40.5. The van der Waals surface area contributed by atoms with Gasteiger partial charge in [-0.1, -0.05) is 41.9 Å². The number of carbonyl (C=O) groups is 1. The molecule has 9 heteroatoms. The Morgan fingerprint density at radius 3 is 2.37 bits per heavy atom. The Hall–Kier alpha value is -2.94. The number of halogens is 2. The van der Waals surface area contributed by atoms with Crippen LogP contribution in [0.4, 0.5) is 10.1 Å². The van der Waals surface area contributed by atoms with Crippen LogP contribution in [0.3, 0.4) is 0 Å². The highest BCUT2D eigenvalue weighted by molar-refractivity contribution is 7.92. The molecule has 0 spiro atoms. The van der Waals surface area contributed by atoms with Crippen LogP contribution in [0.5, 0.6) is 0 Å². The maximum Gasteiger partial charge on any atom is 0.261 e. The van der Waals surface area contributed by atoms with Gasteiger partial charge in [-0.2, -0.15) is 0 Å². The van der Waals surface area contributed by atoms with Gasteiger partial charge in [0.1, 0.15) is 5.82 Å². The van der Waals surface area contributed by atoms with Crippen molar-refractivity contribution in [1.29, 1.82) is 0 Å². The van der Waals surface area contributed by atoms with Gasteiger partial charge >= 0.3 is 0 Å². The first kappa shape index (κ1) is 21.8. The smallest absolute Gasteiger partial charge is 0.261 e. The van der Waals surface area contributed by atoms with E-state index in [1.165, 1.54) is 24.3 Å². The van der Waals surface area contributed by atoms with Crippen LogP contribution in [0.15, 0.2) is 77.7 Å². The zero-order valence-electron chi connectivity index (χ0n) is 15.5. The average molecular weight is 449 g/mol. The Balaban J connectivity index is 1.75. The molecule has 3 aromatic rings. The minimum atomic E-state index is -4.03. The van der Waals surface area contributed by atoms with E-state index in [1.807, 2.05) is 0 Å². The van der Waals surface area contributed by atoms with Crippen LogP contribution in [-0.2, 0) is 10.0 Å². The summed E-state index contributed by atoms with van der Waals surface area (Å²) in [6.07, 6.45) is -0.930. The Kier molecular flexibility index (Phi) is 6.71. The van der Waals surface area contributed by atoms with E-state index in [1.54, 1.807) is 30.3 Å². The van der Waals surface area contributed by atoms with Gasteiger partial charge in [0.2, 0.25) is 0 Å². The normalized spacial score (nSPS) is 12.2. The Bertz CT molecular complexity index is 1140. The average Bonchev–Trinajstić information content (AvgIpc) is 2.74. The molecule has 1 unspecified atom stereocenters. The quantitative estimate of drug-likeness (QED) is 0.513. The molecule has 3 aromatic carbocycles. The summed E-state index contributed by atoms with van der Waals surface area (Å²) in [5.74, 6) is -1.13. The summed E-state index contributed by atoms with van der Waals surface area (Å²) in [7, 11) is -4.03. The van der Waals surface area contributed by atoms with Crippen LogP contribution < -0.4 is 10.0 Å². The number of aliphatic hydroxyl groups excluding tert-OH is 1. The Morgan fingerprint density at radius 2 is 1.70 bits per heavy atom. The molecule has 3 N–H and O–H groups in total. The predicted molar refractivity (Wildman–Crippen MR) is 112 cm³/mol. The largest absolute Gasteiger partial charge is 0.387 e. The fourth-order valence-corrected chi connectivity index (χ4v) is 3.94. The molecule has 0 aliphatic rings. The number of carbonyl (C=O) groups excluding carboxylic acids is 1. The Labute approximate surface area is 178 Å². The number of sulfonamides is 1. The first-order valence-electron chi connectivity index (χ1n) is 8.85. The number of hydrogen-bond donors (Lipinski definition) is 3. The number of nitrogens with one attached hydrogen (secondary N) is 2. The van der Waals surface area contributed by atoms with Crippen molar-refractivity contribution in [2.24, 2.45) is 0 Å². The third-order valence-electron chi connectivity index (χ3n) is 4.23. The number of anilines is 1. The number of amides is 1. The number of benzene rings is 3. The molecule has 0 aliphatic carbocycles. The van der Waals surface area contributed by atoms with Crippen LogP contribution >= 0.6 is 11.6 Å². The molecule has 0 aliphatic heterocycles. The minimum absolute atomic E-state index is 0.0566. The summed E-state index contributed by atoms with van der Waals surface area (Å²) in [5.41, 5.74) is 0.742. The van der Waals surface area contributed by atoms with Crippen molar-refractivity contribution in [2.75, 3.05) is 11.3 Å². The molecule has 0 aromatic heterocycles. The van der Waals surface area contributed by atoms with Crippen LogP contribution in [-0.4, -0.2) is 26.0 Å². The zero-order chi connectivity index (χ0) is 21.7. The van der Waals surface area contributed by atoms with Gasteiger partial charge in [-0.3, -0.25) is 9.52 Å². The van der Waals surface area contributed by atoms with Crippen LogP contribution in [0, 0.1) is 5.82 Å². The molecule has 1 atom stereocenters. The second-order valence-electron chi connectivity index (χ2n) is 6.39. The van der Waals surface area contributed by atoms with Crippen molar-refractivity contribution < 1.29 is 22.7 Å². The molecule has 1 amide bonds. The van der Waals surface area contributed by atoms with Gasteiger partial charge in [-0.05, 0) is 48.0 Å². The molecular formula is C21H18ClFN2O4S. The van der Waals surface area contributed by atoms with E-state index in [0.717, 1.165) is 18.2 Å². The van der Waals surface area contributed by atoms with Gasteiger partial charge in [-0.25, -0.2) is 12.8 Å². The highest BCUT2D eigenvalue weighted by Crippen LogP contribution is 2.23. The van der Waals surface area contributed by atoms with Crippen molar-refractivity contribution >= 4 is 33.2 Å². The van der Waals surface area contributed by atoms with E-state index in [0.29, 0.717) is 5.56 Å². The lowest BCUT2D eigenvalue weighted by atomic mass is 10.1. The van der Waals surface area contributed by atoms with E-state index in [2.05, 4.69) is 10.0 Å². The summed E-state index contributed by atoms with van der Waals surface area (Å²) in [5, 5.41) is 12.8. The zero-order valence-corrected chi connectivity index (χ0v) is 17.1. The van der Waals surface area contributed by atoms with Crippen molar-refractivity contribution in [3.8, 4) is 0 Å². The summed E-state index contributed by atoms with van der Waals surface area (Å²) >= 11 is 6.07. The maximum atomic E-state index is 13.0. The molecule has 6 nitrogen and oxygen atoms in total. The lowest BCUT2D eigenvalue weighted by molar-refractivity contribution is 0.0916. The molecule has 0 radical (unpaired) electrons. The first-order chi connectivity index (χ1) is 14.3. The lowest BCUT2D eigenvalue weighted by Gasteiger charge is -2.14. The molecule has 0 bridgehead atoms. The fourth-order valence-electron chi connectivity index (χ4n) is 2.66. The number of hydrogen-bond acceptors (Lipinski definition) is 4. The fraction of sp³-hybridized carbons (Fsp3) is 0.0952. The summed E-state index contributed by atoms with van der Waals surface area (Å²) in [6, 6.07) is 17.3. The highest BCUT2D eigenvalue weighted by Gasteiger charge is 2.20. The van der Waals surface area contributed by atoms with Crippen LogP contribution in [0.25, 0.3) is 0 Å². The maximum absolute atomic E-state index is 13.0. The van der Waals surface area contributed by atoms with E-state index in [4.69, 9.17) is 11.6 Å². The van der Waals surface area contributed by atoms with Crippen LogP contribution in [0.2, 0.25) is 5.02 Å². The van der Waals surface area contributed by atoms with E-state index < -0.39 is 27.9 Å². The molecule has 3 rings (SSSR count). The predicted octanol–water partition coefficient (Wildman–Crippen LogP) is 3.74. The minimum Gasteiger partial charge on any atom is -0.387 e. The van der Waals surface area contributed by atoms with Crippen molar-refractivity contribution in [3.05, 3.63) is 94.8 Å². The first-order valence-corrected chi connectivity index (χ1v) is 10.7. The molecule has 0 saturated heterocycles. The molecule has 30 heavy (non-hydrogen) atoms. The molecule has 0 heterocycles. The van der Waals surface area contributed by atoms with Gasteiger partial charge < -0.3 is 10.4 Å². The van der Waals surface area contributed by atoms with Crippen molar-refractivity contribution in [3.63, 3.8) is 0 Å². The Morgan fingerprint density at radius 1 is 1.03 bits per heavy atom. The SMILES string of the molecule is O=C(NCC(O)c1ccccc1)c1cc(S(=O)(=O)Nc2ccc(F)cc2)ccc1Cl. The molecule has 0 saturated carbocycles. The van der Waals surface area contributed by atoms with Gasteiger partial charge in [0.25, 0.3) is 15.9 Å². The molecular weight excluding hydrogens is 431 g/mol. The third-order valence-corrected chi connectivity index (χ3v) is 5.94. The highest BCUT2D eigenvalue weighted by atomic mass is 35.5. The van der Waals surface area contributed by atoms with Crippen molar-refractivity contribution in [2.45, 2.75) is 11.0 Å². The van der Waals surface area contributed by atoms with Gasteiger partial charge in [0.05, 0.1) is 21.6 Å². The summed E-state index contributed by atoms with van der Waals surface area (Å²) in [6.45, 7) is -0.0794. The number of aliphatic hydroxyl groups is 1. The molecule has 0 fully saturated rings.